The molecular formula is C16H17N3OS. The average molecular weight is 299 g/mol. The smallest absolute Gasteiger partial charge is 0.252 e. The highest BCUT2D eigenvalue weighted by molar-refractivity contribution is 7.22. The number of anilines is 1. The molecule has 4 N–H and O–H groups in total. The summed E-state index contributed by atoms with van der Waals surface area (Å²) in [5.41, 5.74) is 9.29. The minimum Gasteiger partial charge on any atom is -0.374 e. The van der Waals surface area contributed by atoms with E-state index in [1.165, 1.54) is 21.2 Å². The van der Waals surface area contributed by atoms with E-state index >= 15 is 0 Å². The van der Waals surface area contributed by atoms with Gasteiger partial charge in [0.25, 0.3) is 5.91 Å². The Morgan fingerprint density at radius 3 is 2.67 bits per heavy atom. The van der Waals surface area contributed by atoms with Gasteiger partial charge in [-0.3, -0.25) is 4.79 Å². The predicted octanol–water partition coefficient (Wildman–Crippen LogP) is 3.65. The second kappa shape index (κ2) is 4.93. The van der Waals surface area contributed by atoms with Gasteiger partial charge in [0.05, 0.1) is 16.1 Å². The van der Waals surface area contributed by atoms with Crippen LogP contribution >= 0.6 is 11.3 Å². The zero-order valence-corrected chi connectivity index (χ0v) is 13.0. The summed E-state index contributed by atoms with van der Waals surface area (Å²) in [5.74, 6) is 0.224. The number of nitrogens with two attached hydrogens (primary N) is 1. The van der Waals surface area contributed by atoms with Crippen molar-refractivity contribution in [1.82, 2.24) is 4.98 Å². The van der Waals surface area contributed by atoms with E-state index in [2.05, 4.69) is 42.3 Å². The minimum absolute atomic E-state index is 0.434. The fourth-order valence-corrected chi connectivity index (χ4v) is 3.72. The number of hydrogen-bond donors (Lipinski definition) is 3. The maximum absolute atomic E-state index is 11.5. The van der Waals surface area contributed by atoms with Gasteiger partial charge in [0.1, 0.15) is 5.82 Å². The Bertz CT molecular complexity index is 845. The van der Waals surface area contributed by atoms with Crippen LogP contribution in [0.15, 0.2) is 24.3 Å². The molecule has 3 aromatic rings. The van der Waals surface area contributed by atoms with Crippen molar-refractivity contribution in [3.63, 3.8) is 0 Å². The van der Waals surface area contributed by atoms with Gasteiger partial charge in [-0.2, -0.15) is 0 Å². The van der Waals surface area contributed by atoms with Crippen LogP contribution in [0.5, 0.6) is 0 Å². The molecule has 21 heavy (non-hydrogen) atoms. The second-order valence-electron chi connectivity index (χ2n) is 5.14. The summed E-state index contributed by atoms with van der Waals surface area (Å²) in [4.78, 5) is 15.9. The molecule has 108 valence electrons. The first-order chi connectivity index (χ1) is 10.0. The fraction of sp³-hybridized carbons (Fsp3) is 0.188. The average Bonchev–Trinajstić information content (AvgIpc) is 3.01. The van der Waals surface area contributed by atoms with Crippen molar-refractivity contribution >= 4 is 33.1 Å². The Kier molecular flexibility index (Phi) is 3.22. The van der Waals surface area contributed by atoms with Gasteiger partial charge in [0.2, 0.25) is 0 Å². The number of aromatic amines is 1. The summed E-state index contributed by atoms with van der Waals surface area (Å²) >= 11 is 1.72. The number of amides is 1. The SMILES string of the molecule is CNc1[nH]c(-c2sc3ccc(C)cc3c2C)cc1C(N)=O. The van der Waals surface area contributed by atoms with Gasteiger partial charge in [0.15, 0.2) is 0 Å². The molecule has 2 aromatic heterocycles. The Hall–Kier alpha value is -2.27. The van der Waals surface area contributed by atoms with Crippen LogP contribution in [0.1, 0.15) is 21.5 Å². The van der Waals surface area contributed by atoms with Crippen LogP contribution in [0, 0.1) is 13.8 Å². The predicted molar refractivity (Wildman–Crippen MR) is 89.2 cm³/mol. The second-order valence-corrected chi connectivity index (χ2v) is 6.19. The monoisotopic (exact) mass is 299 g/mol. The Morgan fingerprint density at radius 2 is 2.05 bits per heavy atom. The largest absolute Gasteiger partial charge is 0.374 e. The van der Waals surface area contributed by atoms with Crippen molar-refractivity contribution in [3.8, 4) is 10.6 Å². The highest BCUT2D eigenvalue weighted by Gasteiger charge is 2.17. The van der Waals surface area contributed by atoms with Crippen LogP contribution in [-0.4, -0.2) is 17.9 Å². The number of fused-ring (bicyclic) bond motifs is 1. The molecule has 0 aliphatic rings. The molecule has 2 heterocycles. The number of carbonyl (C=O) groups excluding carboxylic acids is 1. The van der Waals surface area contributed by atoms with Crippen molar-refractivity contribution < 1.29 is 4.79 Å². The van der Waals surface area contributed by atoms with Gasteiger partial charge in [-0.25, -0.2) is 0 Å². The van der Waals surface area contributed by atoms with Gasteiger partial charge in [-0.05, 0) is 36.9 Å². The topological polar surface area (TPSA) is 70.9 Å². The van der Waals surface area contributed by atoms with E-state index in [0.29, 0.717) is 11.4 Å². The molecule has 0 aliphatic heterocycles. The molecule has 5 heteroatoms. The molecule has 0 atom stereocenters. The van der Waals surface area contributed by atoms with Crippen LogP contribution in [0.4, 0.5) is 5.82 Å². The zero-order chi connectivity index (χ0) is 15.1. The van der Waals surface area contributed by atoms with Crippen LogP contribution < -0.4 is 11.1 Å². The van der Waals surface area contributed by atoms with Gasteiger partial charge in [0, 0.05) is 11.7 Å². The van der Waals surface area contributed by atoms with Gasteiger partial charge in [-0.15, -0.1) is 11.3 Å². The van der Waals surface area contributed by atoms with Crippen molar-refractivity contribution in [2.75, 3.05) is 12.4 Å². The lowest BCUT2D eigenvalue weighted by Crippen LogP contribution is -2.11. The van der Waals surface area contributed by atoms with Crippen molar-refractivity contribution in [1.29, 1.82) is 0 Å². The first-order valence-corrected chi connectivity index (χ1v) is 7.53. The number of hydrogen-bond acceptors (Lipinski definition) is 3. The maximum atomic E-state index is 11.5. The Morgan fingerprint density at radius 1 is 1.29 bits per heavy atom. The number of H-pyrrole nitrogens is 1. The number of aryl methyl sites for hydroxylation is 2. The summed E-state index contributed by atoms with van der Waals surface area (Å²) in [6.45, 7) is 4.20. The van der Waals surface area contributed by atoms with E-state index in [0.717, 1.165) is 10.6 Å². The third-order valence-corrected chi connectivity index (χ3v) is 4.98. The summed E-state index contributed by atoms with van der Waals surface area (Å²) < 4.78 is 1.24. The van der Waals surface area contributed by atoms with Crippen LogP contribution in [0.25, 0.3) is 20.7 Å². The summed E-state index contributed by atoms with van der Waals surface area (Å²) in [7, 11) is 1.77. The molecular weight excluding hydrogens is 282 g/mol. The maximum Gasteiger partial charge on any atom is 0.252 e. The number of aromatic nitrogens is 1. The van der Waals surface area contributed by atoms with Gasteiger partial charge in [-0.1, -0.05) is 17.7 Å². The molecule has 0 fully saturated rings. The standard InChI is InChI=1S/C16H17N3OS/c1-8-4-5-13-10(6-8)9(2)14(21-13)12-7-11(15(17)20)16(18-3)19-12/h4-7,18-19H,1-3H3,(H2,17,20). The van der Waals surface area contributed by atoms with E-state index in [-0.39, 0.29) is 0 Å². The quantitative estimate of drug-likeness (QED) is 0.690. The Balaban J connectivity index is 2.21. The van der Waals surface area contributed by atoms with E-state index in [1.54, 1.807) is 18.4 Å². The first-order valence-electron chi connectivity index (χ1n) is 6.72. The molecule has 1 aromatic carbocycles. The summed E-state index contributed by atoms with van der Waals surface area (Å²) in [6, 6.07) is 8.27. The lowest BCUT2D eigenvalue weighted by atomic mass is 10.1. The normalized spacial score (nSPS) is 11.0. The van der Waals surface area contributed by atoms with E-state index < -0.39 is 5.91 Å². The van der Waals surface area contributed by atoms with Gasteiger partial charge < -0.3 is 16.0 Å². The van der Waals surface area contributed by atoms with Crippen molar-refractivity contribution in [2.24, 2.45) is 5.73 Å². The number of benzene rings is 1. The van der Waals surface area contributed by atoms with E-state index in [4.69, 9.17) is 5.73 Å². The molecule has 0 bridgehead atoms. The minimum atomic E-state index is -0.434. The molecule has 4 nitrogen and oxygen atoms in total. The number of primary amides is 1. The third-order valence-electron chi connectivity index (χ3n) is 3.67. The lowest BCUT2D eigenvalue weighted by Gasteiger charge is -1.98. The highest BCUT2D eigenvalue weighted by Crippen LogP contribution is 2.39. The molecule has 0 aliphatic carbocycles. The molecule has 0 spiro atoms. The molecule has 0 saturated heterocycles. The van der Waals surface area contributed by atoms with Crippen LogP contribution in [0.3, 0.4) is 0 Å². The number of thiophene rings is 1. The van der Waals surface area contributed by atoms with Crippen molar-refractivity contribution in [2.45, 2.75) is 13.8 Å². The number of rotatable bonds is 3. The van der Waals surface area contributed by atoms with Crippen molar-refractivity contribution in [3.05, 3.63) is 41.0 Å². The number of carbonyl (C=O) groups is 1. The molecule has 0 radical (unpaired) electrons. The van der Waals surface area contributed by atoms with Crippen LogP contribution in [0.2, 0.25) is 0 Å². The summed E-state index contributed by atoms with van der Waals surface area (Å²) in [5, 5.41) is 4.24. The highest BCUT2D eigenvalue weighted by atomic mass is 32.1. The molecule has 0 saturated carbocycles. The van der Waals surface area contributed by atoms with Crippen LogP contribution in [-0.2, 0) is 0 Å². The van der Waals surface area contributed by atoms with E-state index in [1.807, 2.05) is 6.07 Å². The third kappa shape index (κ3) is 2.19. The molecule has 1 amide bonds. The molecule has 0 unspecified atom stereocenters. The summed E-state index contributed by atoms with van der Waals surface area (Å²) in [6.07, 6.45) is 0. The van der Waals surface area contributed by atoms with Gasteiger partial charge >= 0.3 is 0 Å². The number of nitrogens with one attached hydrogen (secondary N) is 2. The molecule has 3 rings (SSSR count). The fourth-order valence-electron chi connectivity index (χ4n) is 2.56. The van der Waals surface area contributed by atoms with E-state index in [9.17, 15) is 4.79 Å². The lowest BCUT2D eigenvalue weighted by molar-refractivity contribution is 0.100. The Labute approximate surface area is 127 Å². The zero-order valence-electron chi connectivity index (χ0n) is 12.2. The first kappa shape index (κ1) is 13.7.